The van der Waals surface area contributed by atoms with Crippen molar-refractivity contribution in [2.75, 3.05) is 32.8 Å². The van der Waals surface area contributed by atoms with Crippen LogP contribution >= 0.6 is 23.1 Å². The Morgan fingerprint density at radius 1 is 1.07 bits per heavy atom. The number of rotatable bonds is 7. The van der Waals surface area contributed by atoms with Gasteiger partial charge in [-0.3, -0.25) is 14.3 Å². The van der Waals surface area contributed by atoms with Crippen LogP contribution in [0.25, 0.3) is 17.1 Å². The summed E-state index contributed by atoms with van der Waals surface area (Å²) in [6, 6.07) is 8.42. The van der Waals surface area contributed by atoms with Crippen LogP contribution in [0.3, 0.4) is 0 Å². The van der Waals surface area contributed by atoms with Gasteiger partial charge in [-0.1, -0.05) is 17.8 Å². The van der Waals surface area contributed by atoms with Crippen LogP contribution < -0.4 is 0 Å². The zero-order chi connectivity index (χ0) is 29.0. The molecule has 2 amide bonds. The molecule has 0 spiro atoms. The normalized spacial score (nSPS) is 13.9. The van der Waals surface area contributed by atoms with E-state index >= 15 is 0 Å². The van der Waals surface area contributed by atoms with Gasteiger partial charge in [-0.15, -0.1) is 21.5 Å². The van der Waals surface area contributed by atoms with Crippen LogP contribution in [-0.4, -0.2) is 79.3 Å². The maximum Gasteiger partial charge on any atom is 0.416 e. The number of nitrogens with zero attached hydrogens (tertiary/aromatic N) is 7. The fourth-order valence-electron chi connectivity index (χ4n) is 4.17. The Hall–Kier alpha value is -3.98. The van der Waals surface area contributed by atoms with Crippen molar-refractivity contribution >= 4 is 35.1 Å². The Bertz CT molecular complexity index is 1520. The molecule has 1 aliphatic heterocycles. The number of carbonyl (C=O) groups is 2. The Labute approximate surface area is 241 Å². The molecule has 0 atom stereocenters. The van der Waals surface area contributed by atoms with Crippen LogP contribution in [0.4, 0.5) is 18.0 Å². The van der Waals surface area contributed by atoms with Gasteiger partial charge in [-0.2, -0.15) is 13.2 Å². The lowest BCUT2D eigenvalue weighted by Crippen LogP contribution is -2.50. The number of alkyl halides is 3. The van der Waals surface area contributed by atoms with Crippen molar-refractivity contribution < 1.29 is 27.5 Å². The Morgan fingerprint density at radius 3 is 2.56 bits per heavy atom. The van der Waals surface area contributed by atoms with E-state index in [-0.39, 0.29) is 11.6 Å². The average molecular weight is 604 g/mol. The number of carbonyl (C=O) groups excluding carboxylic acids is 2. The molecule has 1 aliphatic rings. The molecule has 0 N–H and O–H groups in total. The zero-order valence-corrected chi connectivity index (χ0v) is 23.4. The van der Waals surface area contributed by atoms with Gasteiger partial charge in [-0.25, -0.2) is 9.78 Å². The third-order valence-corrected chi connectivity index (χ3v) is 8.15. The molecular weight excluding hydrogens is 579 g/mol. The van der Waals surface area contributed by atoms with Crippen molar-refractivity contribution in [3.8, 4) is 17.1 Å². The number of hydrogen-bond acceptors (Lipinski definition) is 9. The van der Waals surface area contributed by atoms with Gasteiger partial charge in [0, 0.05) is 49.5 Å². The molecule has 0 saturated carbocycles. The Kier molecular flexibility index (Phi) is 8.54. The van der Waals surface area contributed by atoms with Gasteiger partial charge in [0.05, 0.1) is 23.6 Å². The van der Waals surface area contributed by atoms with Gasteiger partial charge in [0.2, 0.25) is 0 Å². The second-order valence-electron chi connectivity index (χ2n) is 8.82. The van der Waals surface area contributed by atoms with Crippen LogP contribution in [0, 0.1) is 0 Å². The highest BCUT2D eigenvalue weighted by Crippen LogP contribution is 2.34. The van der Waals surface area contributed by atoms with E-state index < -0.39 is 17.8 Å². The van der Waals surface area contributed by atoms with E-state index in [9.17, 15) is 22.8 Å². The van der Waals surface area contributed by atoms with E-state index in [1.54, 1.807) is 57.3 Å². The number of thioether (sulfide) groups is 1. The van der Waals surface area contributed by atoms with E-state index in [1.807, 2.05) is 0 Å². The van der Waals surface area contributed by atoms with Crippen LogP contribution in [0.2, 0.25) is 0 Å². The van der Waals surface area contributed by atoms with Crippen LogP contribution in [0.15, 0.2) is 59.3 Å². The summed E-state index contributed by atoms with van der Waals surface area (Å²) in [6.45, 7) is 3.53. The first-order valence-electron chi connectivity index (χ1n) is 12.6. The van der Waals surface area contributed by atoms with Crippen LogP contribution in [-0.2, 0) is 16.7 Å². The summed E-state index contributed by atoms with van der Waals surface area (Å²) in [7, 11) is 0. The van der Waals surface area contributed by atoms with Crippen LogP contribution in [0.1, 0.15) is 28.0 Å². The Morgan fingerprint density at radius 2 is 1.85 bits per heavy atom. The molecule has 4 heterocycles. The predicted octanol–water partition coefficient (Wildman–Crippen LogP) is 5.01. The van der Waals surface area contributed by atoms with Gasteiger partial charge in [0.1, 0.15) is 10.7 Å². The number of hydrogen-bond donors (Lipinski definition) is 0. The minimum absolute atomic E-state index is 0.230. The van der Waals surface area contributed by atoms with Crippen molar-refractivity contribution in [2.45, 2.75) is 24.0 Å². The van der Waals surface area contributed by atoms with Crippen LogP contribution in [0.5, 0.6) is 0 Å². The predicted molar refractivity (Wildman–Crippen MR) is 146 cm³/mol. The summed E-state index contributed by atoms with van der Waals surface area (Å²) < 4.78 is 47.0. The summed E-state index contributed by atoms with van der Waals surface area (Å²) in [5, 5.41) is 11.2. The van der Waals surface area contributed by atoms with Gasteiger partial charge >= 0.3 is 12.3 Å². The monoisotopic (exact) mass is 603 g/mol. The van der Waals surface area contributed by atoms with E-state index in [4.69, 9.17) is 4.74 Å². The number of thiazole rings is 1. The van der Waals surface area contributed by atoms with E-state index in [0.717, 1.165) is 12.1 Å². The van der Waals surface area contributed by atoms with Crippen molar-refractivity contribution in [3.05, 3.63) is 70.4 Å². The number of amides is 2. The average Bonchev–Trinajstić information content (AvgIpc) is 3.63. The summed E-state index contributed by atoms with van der Waals surface area (Å²) >= 11 is 2.55. The van der Waals surface area contributed by atoms with Crippen molar-refractivity contribution in [1.82, 2.24) is 34.5 Å². The second-order valence-corrected chi connectivity index (χ2v) is 10.7. The lowest BCUT2D eigenvalue weighted by Gasteiger charge is -2.33. The molecule has 0 unspecified atom stereocenters. The number of piperazine rings is 1. The van der Waals surface area contributed by atoms with Gasteiger partial charge < -0.3 is 14.5 Å². The fourth-order valence-corrected chi connectivity index (χ4v) is 5.91. The molecule has 1 aromatic carbocycles. The third kappa shape index (κ3) is 6.51. The molecular formula is C26H24F3N7O3S2. The molecule has 10 nitrogen and oxygen atoms in total. The van der Waals surface area contributed by atoms with E-state index in [2.05, 4.69) is 20.2 Å². The summed E-state index contributed by atoms with van der Waals surface area (Å²) in [4.78, 5) is 36.7. The number of ether oxygens (including phenoxy) is 1. The third-order valence-electron chi connectivity index (χ3n) is 6.17. The van der Waals surface area contributed by atoms with Crippen molar-refractivity contribution in [3.63, 3.8) is 0 Å². The lowest BCUT2D eigenvalue weighted by molar-refractivity contribution is -0.137. The van der Waals surface area contributed by atoms with Crippen molar-refractivity contribution in [1.29, 1.82) is 0 Å². The molecule has 0 aliphatic carbocycles. The summed E-state index contributed by atoms with van der Waals surface area (Å²) in [5.41, 5.74) is 0.353. The Balaban J connectivity index is 1.32. The minimum atomic E-state index is -4.51. The standard InChI is InChI=1S/C26H24F3N7O3S2/c1-2-39-25(38)35-11-9-34(10-12-35)23(37)20-15-40-21(31-20)16-41-24-33-32-22(17-5-4-8-30-14-17)36(24)19-7-3-6-18(13-19)26(27,28)29/h3-8,13-15H,2,9-12,16H2,1H3. The molecule has 5 rings (SSSR count). The topological polar surface area (TPSA) is 106 Å². The first-order valence-corrected chi connectivity index (χ1v) is 14.4. The molecule has 214 valence electrons. The van der Waals surface area contributed by atoms with E-state index in [1.165, 1.54) is 29.2 Å². The molecule has 4 aromatic rings. The van der Waals surface area contributed by atoms with E-state index in [0.29, 0.717) is 65.8 Å². The zero-order valence-electron chi connectivity index (χ0n) is 21.7. The summed E-state index contributed by atoms with van der Waals surface area (Å²) in [5.74, 6) is 0.433. The molecule has 1 saturated heterocycles. The van der Waals surface area contributed by atoms with Gasteiger partial charge in [0.25, 0.3) is 5.91 Å². The number of pyridine rings is 1. The smallest absolute Gasteiger partial charge is 0.416 e. The summed E-state index contributed by atoms with van der Waals surface area (Å²) in [6.07, 6.45) is -1.75. The quantitative estimate of drug-likeness (QED) is 0.272. The molecule has 41 heavy (non-hydrogen) atoms. The first kappa shape index (κ1) is 28.5. The maximum absolute atomic E-state index is 13.5. The highest BCUT2D eigenvalue weighted by Gasteiger charge is 2.31. The molecule has 15 heteroatoms. The molecule has 3 aromatic heterocycles. The SMILES string of the molecule is CCOC(=O)N1CCN(C(=O)c2csc(CSc3nnc(-c4cccnc4)n3-c3cccc(C(F)(F)F)c3)n2)CC1. The fraction of sp³-hybridized carbons (Fsp3) is 0.308. The maximum atomic E-state index is 13.5. The molecule has 0 bridgehead atoms. The van der Waals surface area contributed by atoms with Crippen molar-refractivity contribution in [2.24, 2.45) is 0 Å². The largest absolute Gasteiger partial charge is 0.450 e. The number of benzene rings is 1. The first-order chi connectivity index (χ1) is 19.7. The highest BCUT2D eigenvalue weighted by molar-refractivity contribution is 7.98. The number of aromatic nitrogens is 5. The highest BCUT2D eigenvalue weighted by atomic mass is 32.2. The second kappa shape index (κ2) is 12.3. The number of halogens is 3. The van der Waals surface area contributed by atoms with Gasteiger partial charge in [-0.05, 0) is 37.3 Å². The molecule has 0 radical (unpaired) electrons. The lowest BCUT2D eigenvalue weighted by atomic mass is 10.2. The van der Waals surface area contributed by atoms with Gasteiger partial charge in [0.15, 0.2) is 11.0 Å². The molecule has 1 fully saturated rings. The minimum Gasteiger partial charge on any atom is -0.450 e.